The largest absolute Gasteiger partial charge is 0.463 e. The standard InChI is InChI=1S/C44H68O8/c1-3-41(45)49-29-7-9-31-13-17-33(18-14-31)35-21-25-37(26-22-35)43(47)51-39-11-5-6-12-40(39)52-44(48)38-27-23-36(24-28-38)34-19-15-32(16-20-34)10-8-30-50-42(46)4-2/h3-4,31-40H,1-2,5-30H2/t31-,32?,33-,34?,35-,36-,37-,38-,39-,40-/m1/s1. The van der Waals surface area contributed by atoms with Gasteiger partial charge in [-0.15, -0.1) is 0 Å². The Labute approximate surface area is 313 Å². The Kier molecular flexibility index (Phi) is 16.6. The highest BCUT2D eigenvalue weighted by atomic mass is 16.6. The predicted octanol–water partition coefficient (Wildman–Crippen LogP) is 9.63. The van der Waals surface area contributed by atoms with Crippen molar-refractivity contribution in [3.63, 3.8) is 0 Å². The van der Waals surface area contributed by atoms with Crippen molar-refractivity contribution >= 4 is 23.9 Å². The second-order valence-electron chi connectivity index (χ2n) is 17.0. The molecule has 0 radical (unpaired) electrons. The van der Waals surface area contributed by atoms with Crippen LogP contribution in [0.3, 0.4) is 0 Å². The smallest absolute Gasteiger partial charge is 0.330 e. The topological polar surface area (TPSA) is 105 Å². The van der Waals surface area contributed by atoms with Gasteiger partial charge in [-0.25, -0.2) is 9.59 Å². The third-order valence-electron chi connectivity index (χ3n) is 13.8. The summed E-state index contributed by atoms with van der Waals surface area (Å²) in [5, 5.41) is 0. The van der Waals surface area contributed by atoms with Gasteiger partial charge in [-0.05, 0) is 164 Å². The molecule has 5 aliphatic carbocycles. The number of carbonyl (C=O) groups excluding carboxylic acids is 4. The van der Waals surface area contributed by atoms with Crippen molar-refractivity contribution in [1.82, 2.24) is 0 Å². The minimum absolute atomic E-state index is 0.0310. The molecule has 0 unspecified atom stereocenters. The van der Waals surface area contributed by atoms with Gasteiger partial charge in [0, 0.05) is 12.2 Å². The van der Waals surface area contributed by atoms with Crippen molar-refractivity contribution in [3.8, 4) is 0 Å². The molecule has 0 amide bonds. The summed E-state index contributed by atoms with van der Waals surface area (Å²) in [6, 6.07) is 0. The highest BCUT2D eigenvalue weighted by Crippen LogP contribution is 2.44. The molecule has 0 N–H and O–H groups in total. The highest BCUT2D eigenvalue weighted by Gasteiger charge is 2.39. The van der Waals surface area contributed by atoms with Crippen molar-refractivity contribution < 1.29 is 38.1 Å². The van der Waals surface area contributed by atoms with E-state index in [0.29, 0.717) is 25.0 Å². The predicted molar refractivity (Wildman–Crippen MR) is 201 cm³/mol. The summed E-state index contributed by atoms with van der Waals surface area (Å²) in [5.41, 5.74) is 0. The van der Waals surface area contributed by atoms with Gasteiger partial charge in [0.25, 0.3) is 0 Å². The molecule has 52 heavy (non-hydrogen) atoms. The molecule has 0 saturated heterocycles. The Balaban J connectivity index is 0.953. The minimum atomic E-state index is -0.334. The summed E-state index contributed by atoms with van der Waals surface area (Å²) in [4.78, 5) is 49.3. The van der Waals surface area contributed by atoms with E-state index in [1.807, 2.05) is 0 Å². The lowest BCUT2D eigenvalue weighted by Crippen LogP contribution is -2.41. The zero-order valence-electron chi connectivity index (χ0n) is 32.0. The Bertz CT molecular complexity index is 1060. The number of hydrogen-bond acceptors (Lipinski definition) is 8. The molecule has 0 aromatic heterocycles. The minimum Gasteiger partial charge on any atom is -0.463 e. The molecule has 5 rings (SSSR count). The van der Waals surface area contributed by atoms with Crippen molar-refractivity contribution in [3.05, 3.63) is 25.3 Å². The van der Waals surface area contributed by atoms with Crippen LogP contribution in [-0.4, -0.2) is 49.3 Å². The van der Waals surface area contributed by atoms with E-state index in [0.717, 1.165) is 126 Å². The molecule has 0 aromatic rings. The lowest BCUT2D eigenvalue weighted by atomic mass is 9.68. The van der Waals surface area contributed by atoms with Gasteiger partial charge in [-0.2, -0.15) is 0 Å². The number of rotatable bonds is 16. The summed E-state index contributed by atoms with van der Waals surface area (Å²) in [6.45, 7) is 7.87. The maximum Gasteiger partial charge on any atom is 0.330 e. The van der Waals surface area contributed by atoms with Crippen molar-refractivity contribution in [1.29, 1.82) is 0 Å². The average molecular weight is 725 g/mol. The van der Waals surface area contributed by atoms with Gasteiger partial charge >= 0.3 is 23.9 Å². The molecule has 5 fully saturated rings. The Morgan fingerprint density at radius 1 is 0.462 bits per heavy atom. The molecule has 8 heteroatoms. The fourth-order valence-corrected chi connectivity index (χ4v) is 10.6. The molecule has 0 heterocycles. The maximum absolute atomic E-state index is 13.4. The lowest BCUT2D eigenvalue weighted by Gasteiger charge is -2.39. The van der Waals surface area contributed by atoms with Crippen molar-refractivity contribution in [2.45, 2.75) is 166 Å². The van der Waals surface area contributed by atoms with Gasteiger partial charge in [0.2, 0.25) is 0 Å². The van der Waals surface area contributed by atoms with Crippen LogP contribution in [0.15, 0.2) is 25.3 Å². The normalized spacial score (nSPS) is 33.9. The first-order valence-corrected chi connectivity index (χ1v) is 21.3. The second-order valence-corrected chi connectivity index (χ2v) is 17.0. The van der Waals surface area contributed by atoms with Crippen LogP contribution in [0.5, 0.6) is 0 Å². The molecular formula is C44H68O8. The number of hydrogen-bond donors (Lipinski definition) is 0. The zero-order chi connectivity index (χ0) is 36.7. The van der Waals surface area contributed by atoms with Gasteiger partial charge in [-0.1, -0.05) is 38.8 Å². The van der Waals surface area contributed by atoms with E-state index in [-0.39, 0.29) is 47.9 Å². The monoisotopic (exact) mass is 724 g/mol. The zero-order valence-corrected chi connectivity index (χ0v) is 32.0. The summed E-state index contributed by atoms with van der Waals surface area (Å²) in [7, 11) is 0. The summed E-state index contributed by atoms with van der Waals surface area (Å²) < 4.78 is 22.6. The average Bonchev–Trinajstić information content (AvgIpc) is 3.19. The van der Waals surface area contributed by atoms with Crippen LogP contribution in [0.2, 0.25) is 0 Å². The number of ether oxygens (including phenoxy) is 4. The Hall–Kier alpha value is -2.64. The third kappa shape index (κ3) is 12.5. The second kappa shape index (κ2) is 21.3. The molecule has 292 valence electrons. The molecule has 0 bridgehead atoms. The molecule has 5 saturated carbocycles. The van der Waals surface area contributed by atoms with Gasteiger partial charge in [0.1, 0.15) is 12.2 Å². The molecule has 8 nitrogen and oxygen atoms in total. The molecule has 0 aromatic carbocycles. The highest BCUT2D eigenvalue weighted by molar-refractivity contribution is 5.81. The first-order valence-electron chi connectivity index (χ1n) is 21.3. The van der Waals surface area contributed by atoms with E-state index >= 15 is 0 Å². The number of carbonyl (C=O) groups is 4. The van der Waals surface area contributed by atoms with Crippen LogP contribution >= 0.6 is 0 Å². The van der Waals surface area contributed by atoms with Crippen LogP contribution in [0.1, 0.15) is 154 Å². The first kappa shape index (κ1) is 40.5. The van der Waals surface area contributed by atoms with E-state index < -0.39 is 0 Å². The van der Waals surface area contributed by atoms with Crippen LogP contribution in [0.25, 0.3) is 0 Å². The molecule has 5 aliphatic rings. The third-order valence-corrected chi connectivity index (χ3v) is 13.8. The molecule has 0 spiro atoms. The fourth-order valence-electron chi connectivity index (χ4n) is 10.6. The molecule has 0 aliphatic heterocycles. The van der Waals surface area contributed by atoms with Crippen molar-refractivity contribution in [2.75, 3.05) is 13.2 Å². The SMILES string of the molecule is C=CC(=O)OCCCC1CCC([C@H]2CC[C@H](C(=O)O[C@@H]3CCCC[C@H]3OC(=O)[C@H]3CC[C@H]([C@H]4CC[C@H](CCCOC(=O)C=C)CC4)CC3)CC2)CC1. The molecular weight excluding hydrogens is 656 g/mol. The van der Waals surface area contributed by atoms with Gasteiger partial charge in [0.15, 0.2) is 0 Å². The first-order chi connectivity index (χ1) is 25.3. The fraction of sp³-hybridized carbons (Fsp3) is 0.818. The van der Waals surface area contributed by atoms with Crippen LogP contribution in [-0.2, 0) is 38.1 Å². The van der Waals surface area contributed by atoms with Gasteiger partial charge < -0.3 is 18.9 Å². The van der Waals surface area contributed by atoms with Gasteiger partial charge in [0.05, 0.1) is 25.0 Å². The maximum atomic E-state index is 13.4. The van der Waals surface area contributed by atoms with Crippen LogP contribution < -0.4 is 0 Å². The van der Waals surface area contributed by atoms with Crippen molar-refractivity contribution in [2.24, 2.45) is 47.3 Å². The van der Waals surface area contributed by atoms with Crippen LogP contribution in [0.4, 0.5) is 0 Å². The van der Waals surface area contributed by atoms with E-state index in [2.05, 4.69) is 13.2 Å². The Morgan fingerprint density at radius 2 is 0.788 bits per heavy atom. The van der Waals surface area contributed by atoms with Crippen LogP contribution in [0, 0.1) is 47.3 Å². The lowest BCUT2D eigenvalue weighted by molar-refractivity contribution is -0.178. The summed E-state index contributed by atoms with van der Waals surface area (Å²) >= 11 is 0. The summed E-state index contributed by atoms with van der Waals surface area (Å²) in [6.07, 6.45) is 27.7. The Morgan fingerprint density at radius 3 is 1.12 bits per heavy atom. The quantitative estimate of drug-likeness (QED) is 0.0671. The van der Waals surface area contributed by atoms with E-state index in [4.69, 9.17) is 18.9 Å². The van der Waals surface area contributed by atoms with E-state index in [1.54, 1.807) is 0 Å². The summed E-state index contributed by atoms with van der Waals surface area (Å²) in [5.74, 6) is 3.53. The van der Waals surface area contributed by atoms with Gasteiger partial charge in [-0.3, -0.25) is 9.59 Å². The van der Waals surface area contributed by atoms with E-state index in [1.165, 1.54) is 63.5 Å². The van der Waals surface area contributed by atoms with E-state index in [9.17, 15) is 19.2 Å². The number of esters is 4. The molecule has 2 atom stereocenters.